The number of hydrogen-bond donors (Lipinski definition) is 2. The highest BCUT2D eigenvalue weighted by atomic mass is 19.1. The summed E-state index contributed by atoms with van der Waals surface area (Å²) in [5, 5.41) is 5.00. The van der Waals surface area contributed by atoms with Gasteiger partial charge in [-0.15, -0.1) is 0 Å². The molecule has 2 N–H and O–H groups in total. The van der Waals surface area contributed by atoms with E-state index in [1.165, 1.54) is 24.3 Å². The van der Waals surface area contributed by atoms with Gasteiger partial charge in [0.2, 0.25) is 0 Å². The number of nitrogens with one attached hydrogen (secondary N) is 2. The van der Waals surface area contributed by atoms with Gasteiger partial charge in [-0.1, -0.05) is 30.3 Å². The highest BCUT2D eigenvalue weighted by Gasteiger charge is 2.49. The third kappa shape index (κ3) is 4.40. The molecule has 0 aliphatic carbocycles. The molecule has 3 rings (SSSR count). The molecule has 2 aromatic rings. The Morgan fingerprint density at radius 3 is 2.41 bits per heavy atom. The standard InChI is InChI=1S/C20H18FN3O5/c1-20(13-5-3-2-4-6-13)18(27)24(19(28)23-20)11-17(26)29-12-16(25)22-15-9-7-14(21)8-10-15/h2-10H,11-12H2,1H3,(H,22,25)(H,23,28)/t20-/m1/s1. The van der Waals surface area contributed by atoms with E-state index in [-0.39, 0.29) is 0 Å². The molecule has 1 heterocycles. The van der Waals surface area contributed by atoms with Gasteiger partial charge in [-0.05, 0) is 36.8 Å². The molecule has 29 heavy (non-hydrogen) atoms. The van der Waals surface area contributed by atoms with Crippen LogP contribution >= 0.6 is 0 Å². The largest absolute Gasteiger partial charge is 0.454 e. The molecule has 2 aromatic carbocycles. The number of carbonyl (C=O) groups excluding carboxylic acids is 4. The van der Waals surface area contributed by atoms with Gasteiger partial charge in [0.25, 0.3) is 11.8 Å². The van der Waals surface area contributed by atoms with Crippen LogP contribution in [-0.2, 0) is 24.7 Å². The molecule has 1 aliphatic rings. The number of imide groups is 1. The number of carbonyl (C=O) groups is 4. The molecular weight excluding hydrogens is 381 g/mol. The van der Waals surface area contributed by atoms with Crippen LogP contribution in [0.4, 0.5) is 14.9 Å². The Kier molecular flexibility index (Phi) is 5.58. The first kappa shape index (κ1) is 20.0. The quantitative estimate of drug-likeness (QED) is 0.569. The van der Waals surface area contributed by atoms with Crippen LogP contribution in [0.5, 0.6) is 0 Å². The average molecular weight is 399 g/mol. The van der Waals surface area contributed by atoms with Crippen molar-refractivity contribution in [3.8, 4) is 0 Å². The van der Waals surface area contributed by atoms with Crippen molar-refractivity contribution in [3.05, 3.63) is 66.0 Å². The summed E-state index contributed by atoms with van der Waals surface area (Å²) in [4.78, 5) is 49.5. The first-order chi connectivity index (χ1) is 13.8. The molecule has 0 spiro atoms. The van der Waals surface area contributed by atoms with Crippen LogP contribution in [-0.4, -0.2) is 41.9 Å². The number of hydrogen-bond acceptors (Lipinski definition) is 5. The zero-order valence-electron chi connectivity index (χ0n) is 15.5. The molecule has 1 atom stereocenters. The second-order valence-corrected chi connectivity index (χ2v) is 6.53. The number of nitrogens with zero attached hydrogens (tertiary/aromatic N) is 1. The Morgan fingerprint density at radius 2 is 1.76 bits per heavy atom. The molecule has 1 fully saturated rings. The Bertz CT molecular complexity index is 948. The first-order valence-electron chi connectivity index (χ1n) is 8.70. The van der Waals surface area contributed by atoms with Crippen LogP contribution < -0.4 is 10.6 Å². The Balaban J connectivity index is 1.55. The Morgan fingerprint density at radius 1 is 1.10 bits per heavy atom. The molecule has 0 aromatic heterocycles. The monoisotopic (exact) mass is 399 g/mol. The summed E-state index contributed by atoms with van der Waals surface area (Å²) in [5.74, 6) is -2.61. The van der Waals surface area contributed by atoms with Crippen molar-refractivity contribution in [2.75, 3.05) is 18.5 Å². The number of ether oxygens (including phenoxy) is 1. The van der Waals surface area contributed by atoms with E-state index in [1.807, 2.05) is 0 Å². The number of halogens is 1. The van der Waals surface area contributed by atoms with Gasteiger partial charge < -0.3 is 15.4 Å². The van der Waals surface area contributed by atoms with Crippen LogP contribution in [0.15, 0.2) is 54.6 Å². The van der Waals surface area contributed by atoms with Gasteiger partial charge in [-0.2, -0.15) is 0 Å². The summed E-state index contributed by atoms with van der Waals surface area (Å²) < 4.78 is 17.7. The van der Waals surface area contributed by atoms with E-state index >= 15 is 0 Å². The minimum Gasteiger partial charge on any atom is -0.454 e. The number of urea groups is 1. The van der Waals surface area contributed by atoms with E-state index in [1.54, 1.807) is 37.3 Å². The second-order valence-electron chi connectivity index (χ2n) is 6.53. The summed E-state index contributed by atoms with van der Waals surface area (Å²) in [6.07, 6.45) is 0. The van der Waals surface area contributed by atoms with Gasteiger partial charge in [0.05, 0.1) is 0 Å². The van der Waals surface area contributed by atoms with E-state index in [2.05, 4.69) is 10.6 Å². The van der Waals surface area contributed by atoms with Crippen molar-refractivity contribution < 1.29 is 28.3 Å². The summed E-state index contributed by atoms with van der Waals surface area (Å²) in [6, 6.07) is 13.0. The normalized spacial score (nSPS) is 18.3. The Labute approximate surface area is 165 Å². The molecule has 8 nitrogen and oxygen atoms in total. The Hall–Kier alpha value is -3.75. The molecule has 1 saturated heterocycles. The van der Waals surface area contributed by atoms with Crippen molar-refractivity contribution in [1.29, 1.82) is 0 Å². The van der Waals surface area contributed by atoms with Gasteiger partial charge in [0.15, 0.2) is 6.61 Å². The van der Waals surface area contributed by atoms with E-state index < -0.39 is 48.3 Å². The lowest BCUT2D eigenvalue weighted by Gasteiger charge is -2.21. The topological polar surface area (TPSA) is 105 Å². The number of rotatable bonds is 6. The second kappa shape index (κ2) is 8.09. The predicted molar refractivity (Wildman–Crippen MR) is 100 cm³/mol. The molecule has 0 saturated carbocycles. The molecule has 150 valence electrons. The highest BCUT2D eigenvalue weighted by Crippen LogP contribution is 2.28. The van der Waals surface area contributed by atoms with Gasteiger partial charge >= 0.3 is 12.0 Å². The molecule has 4 amide bonds. The fourth-order valence-corrected chi connectivity index (χ4v) is 2.86. The summed E-state index contributed by atoms with van der Waals surface area (Å²) in [7, 11) is 0. The lowest BCUT2D eigenvalue weighted by atomic mass is 9.92. The van der Waals surface area contributed by atoms with Crippen LogP contribution in [0.2, 0.25) is 0 Å². The SMILES string of the molecule is C[C@]1(c2ccccc2)NC(=O)N(CC(=O)OCC(=O)Nc2ccc(F)cc2)C1=O. The van der Waals surface area contributed by atoms with Crippen molar-refractivity contribution in [3.63, 3.8) is 0 Å². The van der Waals surface area contributed by atoms with E-state index in [0.717, 1.165) is 4.90 Å². The first-order valence-corrected chi connectivity index (χ1v) is 8.70. The molecule has 0 unspecified atom stereocenters. The van der Waals surface area contributed by atoms with Crippen molar-refractivity contribution in [2.24, 2.45) is 0 Å². The number of anilines is 1. The van der Waals surface area contributed by atoms with Gasteiger partial charge in [0, 0.05) is 5.69 Å². The van der Waals surface area contributed by atoms with Gasteiger partial charge in [-0.25, -0.2) is 9.18 Å². The van der Waals surface area contributed by atoms with E-state index in [0.29, 0.717) is 11.3 Å². The number of amides is 4. The van der Waals surface area contributed by atoms with Crippen LogP contribution in [0.25, 0.3) is 0 Å². The fraction of sp³-hybridized carbons (Fsp3) is 0.200. The fourth-order valence-electron chi connectivity index (χ4n) is 2.86. The molecule has 0 bridgehead atoms. The highest BCUT2D eigenvalue weighted by molar-refractivity contribution is 6.08. The predicted octanol–water partition coefficient (Wildman–Crippen LogP) is 1.77. The zero-order valence-corrected chi connectivity index (χ0v) is 15.5. The van der Waals surface area contributed by atoms with Crippen LogP contribution in [0.3, 0.4) is 0 Å². The summed E-state index contributed by atoms with van der Waals surface area (Å²) >= 11 is 0. The van der Waals surface area contributed by atoms with Gasteiger partial charge in [0.1, 0.15) is 17.9 Å². The minimum absolute atomic E-state index is 0.333. The zero-order chi connectivity index (χ0) is 21.0. The van der Waals surface area contributed by atoms with Crippen molar-refractivity contribution >= 4 is 29.5 Å². The third-order valence-electron chi connectivity index (χ3n) is 4.41. The molecular formula is C20H18FN3O5. The van der Waals surface area contributed by atoms with E-state index in [9.17, 15) is 23.6 Å². The number of esters is 1. The molecule has 0 radical (unpaired) electrons. The van der Waals surface area contributed by atoms with Crippen molar-refractivity contribution in [2.45, 2.75) is 12.5 Å². The maximum Gasteiger partial charge on any atom is 0.326 e. The minimum atomic E-state index is -1.29. The maximum absolute atomic E-state index is 12.9. The smallest absolute Gasteiger partial charge is 0.326 e. The van der Waals surface area contributed by atoms with Crippen molar-refractivity contribution in [1.82, 2.24) is 10.2 Å². The van der Waals surface area contributed by atoms with Crippen LogP contribution in [0.1, 0.15) is 12.5 Å². The molecule has 9 heteroatoms. The maximum atomic E-state index is 12.9. The average Bonchev–Trinajstić information content (AvgIpc) is 2.93. The lowest BCUT2D eigenvalue weighted by Crippen LogP contribution is -2.41. The van der Waals surface area contributed by atoms with E-state index in [4.69, 9.17) is 4.74 Å². The van der Waals surface area contributed by atoms with Gasteiger partial charge in [-0.3, -0.25) is 19.3 Å². The third-order valence-corrected chi connectivity index (χ3v) is 4.41. The summed E-state index contributed by atoms with van der Waals surface area (Å²) in [5.41, 5.74) is -0.383. The van der Waals surface area contributed by atoms with Crippen LogP contribution in [0, 0.1) is 5.82 Å². The lowest BCUT2D eigenvalue weighted by molar-refractivity contribution is -0.150. The summed E-state index contributed by atoms with van der Waals surface area (Å²) in [6.45, 7) is 0.302. The molecule has 1 aliphatic heterocycles. The number of benzene rings is 2.